The number of aryl methyl sites for hydroxylation is 1. The molecule has 0 radical (unpaired) electrons. The molecule has 74 heavy (non-hydrogen) atoms. The van der Waals surface area contributed by atoms with Gasteiger partial charge in [-0.25, -0.2) is 9.97 Å². The summed E-state index contributed by atoms with van der Waals surface area (Å²) in [4.78, 5) is 43.5. The Morgan fingerprint density at radius 2 is 1.54 bits per heavy atom. The van der Waals surface area contributed by atoms with Gasteiger partial charge in [-0.3, -0.25) is 9.59 Å². The first-order chi connectivity index (χ1) is 36.0. The SMILES string of the molecule is Cc1ncsc1-c1ccc(CNC(=O)[C@@H]2C[C@@H](O)CN2C(=O)[C@H](c2cc(OCCOCCOCCOCCOc3cc(N4C5CCC4CN(c4cc(-c6ccccc6O)nnc4N)C5)ccn3)no2)C(C)C)cc1. The third-order valence-electron chi connectivity index (χ3n) is 13.6. The van der Waals surface area contributed by atoms with E-state index in [1.54, 1.807) is 35.7 Å². The van der Waals surface area contributed by atoms with Crippen molar-refractivity contribution < 1.29 is 48.0 Å². The van der Waals surface area contributed by atoms with Crippen molar-refractivity contribution >= 4 is 40.3 Å². The van der Waals surface area contributed by atoms with Crippen LogP contribution >= 0.6 is 11.3 Å². The van der Waals surface area contributed by atoms with E-state index in [-0.39, 0.29) is 74.2 Å². The molecule has 21 heteroatoms. The number of hydrogen-bond acceptors (Lipinski definition) is 19. The maximum absolute atomic E-state index is 14.0. The number of likely N-dealkylation sites (tertiary alicyclic amines) is 1. The first-order valence-electron chi connectivity index (χ1n) is 25.1. The van der Waals surface area contributed by atoms with Crippen molar-refractivity contribution in [2.24, 2.45) is 5.92 Å². The first-order valence-corrected chi connectivity index (χ1v) is 26.0. The minimum Gasteiger partial charge on any atom is -0.507 e. The van der Waals surface area contributed by atoms with Crippen LogP contribution in [-0.2, 0) is 30.3 Å². The number of rotatable bonds is 24. The summed E-state index contributed by atoms with van der Waals surface area (Å²) in [5.41, 5.74) is 14.2. The second kappa shape index (κ2) is 24.4. The zero-order valence-electron chi connectivity index (χ0n) is 41.9. The Morgan fingerprint density at radius 1 is 0.851 bits per heavy atom. The van der Waals surface area contributed by atoms with Crippen LogP contribution in [0, 0.1) is 12.8 Å². The summed E-state index contributed by atoms with van der Waals surface area (Å²) >= 11 is 1.58. The van der Waals surface area contributed by atoms with Gasteiger partial charge in [0, 0.05) is 74.3 Å². The average molecular weight is 1030 g/mol. The number of hydrogen-bond donors (Lipinski definition) is 4. The number of phenolic OH excluding ortho intramolecular Hbond substituents is 1. The van der Waals surface area contributed by atoms with Crippen molar-refractivity contribution in [1.29, 1.82) is 0 Å². The Kier molecular flexibility index (Phi) is 17.1. The predicted octanol–water partition coefficient (Wildman–Crippen LogP) is 5.63. The highest BCUT2D eigenvalue weighted by molar-refractivity contribution is 7.13. The number of thiazole rings is 1. The Balaban J connectivity index is 0.634. The number of ether oxygens (including phenoxy) is 5. The molecule has 3 saturated heterocycles. The molecule has 6 aromatic rings. The number of aromatic hydroxyl groups is 1. The van der Waals surface area contributed by atoms with Gasteiger partial charge in [-0.15, -0.1) is 21.5 Å². The maximum atomic E-state index is 14.0. The molecule has 7 heterocycles. The molecule has 0 saturated carbocycles. The number of nitrogens with two attached hydrogens (primary N) is 1. The molecule has 0 aliphatic carbocycles. The average Bonchev–Trinajstić information content (AvgIpc) is 4.21. The molecule has 5 atom stereocenters. The standard InChI is InChI=1S/C53H64N10O10S/c1-33(2)49(53(67)62-31-40(64)25-44(62)52(66)56-28-35-8-10-36(11-9-35)50-34(3)57-32-74-50)46-27-48(60-73-46)72-23-21-70-19-17-68-16-18-69-20-22-71-47-24-37(14-15-55-47)63-38-12-13-39(63)30-61(29-38)43-26-42(58-59-51(43)54)41-6-4-5-7-45(41)65/h4-11,14-15,24,26-27,32-33,38-40,44,49,64-65H,12-13,16-23,25,28-31H2,1-3H3,(H2,54,59)(H,56,66)/t38?,39?,40-,44+,49+/m1/s1. The van der Waals surface area contributed by atoms with Crippen LogP contribution in [0.2, 0.25) is 0 Å². The lowest BCUT2D eigenvalue weighted by Crippen LogP contribution is -2.54. The number of nitrogens with one attached hydrogen (secondary N) is 1. The molecule has 2 unspecified atom stereocenters. The van der Waals surface area contributed by atoms with Crippen LogP contribution < -0.4 is 30.3 Å². The van der Waals surface area contributed by atoms with Gasteiger partial charge in [0.15, 0.2) is 11.6 Å². The summed E-state index contributed by atoms with van der Waals surface area (Å²) < 4.78 is 34.4. The summed E-state index contributed by atoms with van der Waals surface area (Å²) in [6.45, 7) is 10.3. The molecular formula is C53H64N10O10S. The largest absolute Gasteiger partial charge is 0.507 e. The monoisotopic (exact) mass is 1030 g/mol. The van der Waals surface area contributed by atoms with E-state index in [4.69, 9.17) is 33.9 Å². The van der Waals surface area contributed by atoms with Crippen LogP contribution in [0.3, 0.4) is 0 Å². The minimum absolute atomic E-state index is 0.0379. The molecule has 2 amide bonds. The van der Waals surface area contributed by atoms with E-state index in [0.29, 0.717) is 68.4 Å². The molecule has 9 rings (SSSR count). The van der Waals surface area contributed by atoms with Gasteiger partial charge in [0.05, 0.1) is 73.2 Å². The second-order valence-electron chi connectivity index (χ2n) is 19.0. The predicted molar refractivity (Wildman–Crippen MR) is 277 cm³/mol. The number of aliphatic hydroxyl groups is 1. The third kappa shape index (κ3) is 12.5. The van der Waals surface area contributed by atoms with Crippen molar-refractivity contribution in [2.45, 2.75) is 76.7 Å². The van der Waals surface area contributed by atoms with E-state index in [2.05, 4.69) is 40.4 Å². The van der Waals surface area contributed by atoms with Crippen molar-refractivity contribution in [3.8, 4) is 39.2 Å². The number of nitrogen functional groups attached to an aromatic ring is 1. The summed E-state index contributed by atoms with van der Waals surface area (Å²) in [5, 5.41) is 36.5. The fourth-order valence-electron chi connectivity index (χ4n) is 9.94. The Hall–Kier alpha value is -6.91. The van der Waals surface area contributed by atoms with E-state index >= 15 is 0 Å². The number of carbonyl (C=O) groups excluding carboxylic acids is 2. The van der Waals surface area contributed by atoms with Gasteiger partial charge < -0.3 is 64.2 Å². The topological polar surface area (TPSA) is 246 Å². The normalized spacial score (nSPS) is 18.8. The zero-order valence-corrected chi connectivity index (χ0v) is 42.7. The van der Waals surface area contributed by atoms with Gasteiger partial charge in [0.2, 0.25) is 17.7 Å². The molecule has 3 aliphatic rings. The molecule has 3 fully saturated rings. The number of aliphatic hydroxyl groups excluding tert-OH is 1. The number of benzene rings is 2. The van der Waals surface area contributed by atoms with E-state index in [9.17, 15) is 19.8 Å². The number of para-hydroxylation sites is 1. The zero-order chi connectivity index (χ0) is 51.6. The number of anilines is 3. The molecule has 3 aliphatic heterocycles. The van der Waals surface area contributed by atoms with E-state index in [1.165, 1.54) is 4.90 Å². The summed E-state index contributed by atoms with van der Waals surface area (Å²) in [6, 6.07) is 22.2. The summed E-state index contributed by atoms with van der Waals surface area (Å²) in [5.74, 6) is -0.0268. The van der Waals surface area contributed by atoms with Crippen LogP contribution in [0.25, 0.3) is 21.7 Å². The number of aromatic nitrogens is 5. The number of amides is 2. The number of β-amino-alcohol motifs (C(OH)–C–C–N with tert-alkyl or cyclic N) is 1. The molecular weight excluding hydrogens is 969 g/mol. The molecule has 4 aromatic heterocycles. The van der Waals surface area contributed by atoms with Crippen LogP contribution in [0.15, 0.2) is 89.0 Å². The lowest BCUT2D eigenvalue weighted by atomic mass is 9.91. The maximum Gasteiger partial charge on any atom is 0.254 e. The Morgan fingerprint density at radius 3 is 2.22 bits per heavy atom. The van der Waals surface area contributed by atoms with Gasteiger partial charge in [-0.2, -0.15) is 0 Å². The van der Waals surface area contributed by atoms with E-state index < -0.39 is 18.1 Å². The number of pyridine rings is 1. The van der Waals surface area contributed by atoms with Gasteiger partial charge in [-0.1, -0.05) is 50.2 Å². The lowest BCUT2D eigenvalue weighted by Gasteiger charge is -2.43. The summed E-state index contributed by atoms with van der Waals surface area (Å²) in [7, 11) is 0. The molecule has 5 N–H and O–H groups in total. The minimum atomic E-state index is -0.832. The number of carbonyl (C=O) groups is 2. The highest BCUT2D eigenvalue weighted by Gasteiger charge is 2.44. The smallest absolute Gasteiger partial charge is 0.254 e. The van der Waals surface area contributed by atoms with E-state index in [0.717, 1.165) is 59.0 Å². The van der Waals surface area contributed by atoms with Gasteiger partial charge in [-0.05, 0) is 66.2 Å². The Bertz CT molecular complexity index is 2800. The van der Waals surface area contributed by atoms with E-state index in [1.807, 2.05) is 80.9 Å². The fourth-order valence-corrected chi connectivity index (χ4v) is 10.8. The third-order valence-corrected chi connectivity index (χ3v) is 14.5. The molecule has 2 aromatic carbocycles. The highest BCUT2D eigenvalue weighted by atomic mass is 32.1. The number of fused-ring (bicyclic) bond motifs is 2. The lowest BCUT2D eigenvalue weighted by molar-refractivity contribution is -0.141. The highest BCUT2D eigenvalue weighted by Crippen LogP contribution is 2.40. The molecule has 392 valence electrons. The summed E-state index contributed by atoms with van der Waals surface area (Å²) in [6.07, 6.45) is 3.17. The van der Waals surface area contributed by atoms with Crippen molar-refractivity contribution in [2.75, 3.05) is 88.0 Å². The van der Waals surface area contributed by atoms with Crippen molar-refractivity contribution in [3.05, 3.63) is 102 Å². The van der Waals surface area contributed by atoms with Crippen molar-refractivity contribution in [3.63, 3.8) is 0 Å². The number of nitrogens with zero attached hydrogens (tertiary/aromatic N) is 8. The Labute approximate surface area is 433 Å². The number of piperazine rings is 1. The fraction of sp³-hybridized carbons (Fsp3) is 0.453. The van der Waals surface area contributed by atoms with Crippen molar-refractivity contribution in [1.82, 2.24) is 35.5 Å². The van der Waals surface area contributed by atoms with Gasteiger partial charge >= 0.3 is 0 Å². The molecule has 20 nitrogen and oxygen atoms in total. The number of phenols is 1. The van der Waals surface area contributed by atoms with Crippen LogP contribution in [0.4, 0.5) is 17.2 Å². The first kappa shape index (κ1) is 52.0. The molecule has 0 spiro atoms. The van der Waals surface area contributed by atoms with Gasteiger partial charge in [0.1, 0.15) is 30.9 Å². The van der Waals surface area contributed by atoms with Crippen LogP contribution in [0.1, 0.15) is 56.0 Å². The van der Waals surface area contributed by atoms with Gasteiger partial charge in [0.25, 0.3) is 5.88 Å². The quantitative estimate of drug-likeness (QED) is 0.0537. The molecule has 2 bridgehead atoms. The van der Waals surface area contributed by atoms with Crippen LogP contribution in [0.5, 0.6) is 17.5 Å². The van der Waals surface area contributed by atoms with Crippen LogP contribution in [-0.4, -0.2) is 149 Å². The second-order valence-corrected chi connectivity index (χ2v) is 19.8.